The topological polar surface area (TPSA) is 68.9 Å². The summed E-state index contributed by atoms with van der Waals surface area (Å²) in [7, 11) is 0. The summed E-state index contributed by atoms with van der Waals surface area (Å²) in [5.41, 5.74) is 10.5. The normalized spacial score (nSPS) is 10.3. The van der Waals surface area contributed by atoms with Gasteiger partial charge in [0.15, 0.2) is 0 Å². The molecule has 0 aromatic heterocycles. The Labute approximate surface area is 132 Å². The number of aryl methyl sites for hydroxylation is 2. The number of nitrogens with two attached hydrogens (primary N) is 2. The van der Waals surface area contributed by atoms with Crippen molar-refractivity contribution in [2.24, 2.45) is 5.73 Å². The second-order valence-electron chi connectivity index (χ2n) is 4.80. The van der Waals surface area contributed by atoms with Crippen molar-refractivity contribution in [1.29, 1.82) is 0 Å². The zero-order valence-corrected chi connectivity index (χ0v) is 13.5. The van der Waals surface area contributed by atoms with E-state index in [1.54, 1.807) is 6.07 Å². The molecule has 0 atom stereocenters. The maximum Gasteiger partial charge on any atom is 0.396 e. The number of carbonyl (C=O) groups is 1. The highest BCUT2D eigenvalue weighted by Crippen LogP contribution is 2.13. The van der Waals surface area contributed by atoms with Crippen molar-refractivity contribution in [2.45, 2.75) is 13.8 Å². The van der Waals surface area contributed by atoms with Gasteiger partial charge in [-0.2, -0.15) is 17.6 Å². The maximum atomic E-state index is 12.0. The van der Waals surface area contributed by atoms with Crippen LogP contribution in [0.4, 0.5) is 0 Å². The van der Waals surface area contributed by atoms with Gasteiger partial charge in [-0.05, 0) is 30.0 Å². The highest BCUT2D eigenvalue weighted by molar-refractivity contribution is 9.10. The summed E-state index contributed by atoms with van der Waals surface area (Å²) in [6.45, 7) is 3.86. The summed E-state index contributed by atoms with van der Waals surface area (Å²) in [4.78, 5) is 17.2. The standard InChI is InChI=1S/C16H17BrN2O2/c1-10-3-8-14(11(2)9-10)16(20)21-19-15(18)12-4-6-13(17)7-5-12/h3-9H,18-19H2,1-2H3. The number of quaternary nitrogens is 1. The number of benzene rings is 2. The lowest BCUT2D eigenvalue weighted by Crippen LogP contribution is -2.88. The molecule has 4 nitrogen and oxygen atoms in total. The molecule has 0 bridgehead atoms. The Bertz CT molecular complexity index is 641. The third-order valence-corrected chi connectivity index (χ3v) is 3.60. The molecule has 4 N–H and O–H groups in total. The van der Waals surface area contributed by atoms with Gasteiger partial charge in [0.05, 0.1) is 5.56 Å². The first kappa shape index (κ1) is 15.6. The molecule has 0 amide bonds. The summed E-state index contributed by atoms with van der Waals surface area (Å²) < 4.78 is 0.964. The van der Waals surface area contributed by atoms with Crippen molar-refractivity contribution < 1.29 is 15.1 Å². The number of hydrogen-bond donors (Lipinski definition) is 2. The van der Waals surface area contributed by atoms with Crippen LogP contribution in [0.3, 0.4) is 0 Å². The van der Waals surface area contributed by atoms with Crippen LogP contribution in [0.5, 0.6) is 0 Å². The van der Waals surface area contributed by atoms with Crippen LogP contribution in [0.25, 0.3) is 0 Å². The number of hydroxylamine groups is 1. The summed E-state index contributed by atoms with van der Waals surface area (Å²) >= 11 is 3.36. The third-order valence-electron chi connectivity index (χ3n) is 3.07. The van der Waals surface area contributed by atoms with Crippen molar-refractivity contribution in [2.75, 3.05) is 0 Å². The molecule has 5 heteroatoms. The molecule has 0 saturated carbocycles. The second kappa shape index (κ2) is 6.76. The smallest absolute Gasteiger partial charge is 0.306 e. The van der Waals surface area contributed by atoms with E-state index in [1.807, 2.05) is 50.2 Å². The molecule has 2 rings (SSSR count). The Morgan fingerprint density at radius 3 is 2.48 bits per heavy atom. The van der Waals surface area contributed by atoms with E-state index in [2.05, 4.69) is 15.9 Å². The van der Waals surface area contributed by atoms with Gasteiger partial charge in [-0.15, -0.1) is 17.7 Å². The highest BCUT2D eigenvalue weighted by atomic mass is 79.9. The van der Waals surface area contributed by atoms with Gasteiger partial charge in [-0.25, -0.2) is 4.79 Å². The summed E-state index contributed by atoms with van der Waals surface area (Å²) in [6.07, 6.45) is 0.403. The Morgan fingerprint density at radius 1 is 1.19 bits per heavy atom. The van der Waals surface area contributed by atoms with Crippen LogP contribution < -0.4 is 11.2 Å². The lowest BCUT2D eigenvalue weighted by Gasteiger charge is -2.16. The molecular formula is C16H17BrN2O2. The number of halogens is 1. The maximum absolute atomic E-state index is 12.0. The van der Waals surface area contributed by atoms with Gasteiger partial charge >= 0.3 is 5.97 Å². The molecule has 2 aromatic carbocycles. The first-order valence-corrected chi connectivity index (χ1v) is 7.26. The van der Waals surface area contributed by atoms with E-state index < -0.39 is 5.97 Å². The summed E-state index contributed by atoms with van der Waals surface area (Å²) in [5.74, 6) is -0.410. The van der Waals surface area contributed by atoms with E-state index >= 15 is 0 Å². The molecule has 0 aliphatic heterocycles. The van der Waals surface area contributed by atoms with Crippen LogP contribution >= 0.6 is 15.9 Å². The van der Waals surface area contributed by atoms with E-state index in [0.717, 1.165) is 21.2 Å². The van der Waals surface area contributed by atoms with Crippen LogP contribution in [-0.2, 0) is 4.84 Å². The Balaban J connectivity index is 1.99. The van der Waals surface area contributed by atoms with Crippen molar-refractivity contribution in [3.05, 3.63) is 75.4 Å². The predicted molar refractivity (Wildman–Crippen MR) is 83.9 cm³/mol. The average Bonchev–Trinajstić information content (AvgIpc) is 2.45. The molecule has 0 aliphatic rings. The SMILES string of the molecule is Cc1ccc(C(=O)O[NH2+][C-](N)c2ccc(Br)cc2)c(C)c1. The van der Waals surface area contributed by atoms with Gasteiger partial charge in [0, 0.05) is 0 Å². The molecule has 110 valence electrons. The second-order valence-corrected chi connectivity index (χ2v) is 5.72. The summed E-state index contributed by atoms with van der Waals surface area (Å²) in [5, 5.41) is 0. The molecule has 0 spiro atoms. The van der Waals surface area contributed by atoms with Gasteiger partial charge in [-0.3, -0.25) is 4.84 Å². The van der Waals surface area contributed by atoms with Crippen molar-refractivity contribution in [1.82, 2.24) is 0 Å². The quantitative estimate of drug-likeness (QED) is 0.657. The van der Waals surface area contributed by atoms with Gasteiger partial charge in [0.25, 0.3) is 0 Å². The molecule has 0 radical (unpaired) electrons. The summed E-state index contributed by atoms with van der Waals surface area (Å²) in [6, 6.07) is 13.0. The molecule has 2 aromatic rings. The van der Waals surface area contributed by atoms with E-state index in [4.69, 9.17) is 10.6 Å². The highest BCUT2D eigenvalue weighted by Gasteiger charge is 2.14. The molecule has 0 unspecified atom stereocenters. The Hall–Kier alpha value is -1.82. The lowest BCUT2D eigenvalue weighted by molar-refractivity contribution is -0.855. The zero-order valence-electron chi connectivity index (χ0n) is 11.9. The minimum atomic E-state index is -0.410. The van der Waals surface area contributed by atoms with Crippen molar-refractivity contribution in [3.8, 4) is 0 Å². The fourth-order valence-corrected chi connectivity index (χ4v) is 2.20. The van der Waals surface area contributed by atoms with E-state index in [0.29, 0.717) is 11.7 Å². The number of rotatable bonds is 4. The average molecular weight is 349 g/mol. The van der Waals surface area contributed by atoms with Gasteiger partial charge < -0.3 is 5.73 Å². The van der Waals surface area contributed by atoms with Gasteiger partial charge in [-0.1, -0.05) is 33.6 Å². The molecular weight excluding hydrogens is 332 g/mol. The minimum Gasteiger partial charge on any atom is -0.306 e. The number of carbonyl (C=O) groups excluding carboxylic acids is 1. The van der Waals surface area contributed by atoms with Crippen LogP contribution in [0.15, 0.2) is 46.9 Å². The molecule has 21 heavy (non-hydrogen) atoms. The third kappa shape index (κ3) is 4.07. The zero-order chi connectivity index (χ0) is 15.4. The number of hydrogen-bond acceptors (Lipinski definition) is 3. The van der Waals surface area contributed by atoms with Crippen LogP contribution in [0.1, 0.15) is 27.0 Å². The Morgan fingerprint density at radius 2 is 1.86 bits per heavy atom. The van der Waals surface area contributed by atoms with E-state index in [1.165, 1.54) is 5.48 Å². The Kier molecular flexibility index (Phi) is 5.01. The fraction of sp³-hybridized carbons (Fsp3) is 0.125. The van der Waals surface area contributed by atoms with Crippen LogP contribution in [0, 0.1) is 20.0 Å². The van der Waals surface area contributed by atoms with Crippen LogP contribution in [0.2, 0.25) is 0 Å². The first-order valence-electron chi connectivity index (χ1n) is 6.47. The van der Waals surface area contributed by atoms with E-state index in [-0.39, 0.29) is 0 Å². The predicted octanol–water partition coefficient (Wildman–Crippen LogP) is 2.20. The molecule has 0 heterocycles. The van der Waals surface area contributed by atoms with Crippen molar-refractivity contribution in [3.63, 3.8) is 0 Å². The lowest BCUT2D eigenvalue weighted by atomic mass is 10.1. The monoisotopic (exact) mass is 348 g/mol. The molecule has 0 saturated heterocycles. The molecule has 0 fully saturated rings. The van der Waals surface area contributed by atoms with Crippen LogP contribution in [-0.4, -0.2) is 5.97 Å². The largest absolute Gasteiger partial charge is 0.396 e. The van der Waals surface area contributed by atoms with Crippen molar-refractivity contribution >= 4 is 21.9 Å². The van der Waals surface area contributed by atoms with Gasteiger partial charge in [0.2, 0.25) is 0 Å². The first-order chi connectivity index (χ1) is 9.97. The van der Waals surface area contributed by atoms with Gasteiger partial charge in [0.1, 0.15) is 6.17 Å². The minimum absolute atomic E-state index is 0.403. The fourth-order valence-electron chi connectivity index (χ4n) is 1.93. The molecule has 0 aliphatic carbocycles. The van der Waals surface area contributed by atoms with E-state index in [9.17, 15) is 4.79 Å².